The number of nitrogens with two attached hydrogens (primary N) is 2. The normalized spacial score (nSPS) is 11.6. The number of benzene rings is 1. The zero-order valence-electron chi connectivity index (χ0n) is 9.17. The van der Waals surface area contributed by atoms with E-state index in [1.807, 2.05) is 30.3 Å². The monoisotopic (exact) mass is 238 g/mol. The Morgan fingerprint density at radius 2 is 1.88 bits per heavy atom. The molecule has 6 nitrogen and oxygen atoms in total. The van der Waals surface area contributed by atoms with E-state index in [0.29, 0.717) is 0 Å². The summed E-state index contributed by atoms with van der Waals surface area (Å²) in [5, 5.41) is 0. The SMILES string of the molecule is NOC(=O)[C@@H](N)CC(=O)OCc1ccccc1. The Morgan fingerprint density at radius 3 is 2.47 bits per heavy atom. The fourth-order valence-corrected chi connectivity index (χ4v) is 1.15. The Labute approximate surface area is 98.4 Å². The number of esters is 1. The highest BCUT2D eigenvalue weighted by Gasteiger charge is 2.19. The molecule has 0 radical (unpaired) electrons. The van der Waals surface area contributed by atoms with E-state index in [4.69, 9.17) is 10.5 Å². The first-order valence-electron chi connectivity index (χ1n) is 4.99. The van der Waals surface area contributed by atoms with Crippen molar-refractivity contribution in [2.75, 3.05) is 0 Å². The molecular formula is C11H14N2O4. The number of hydrogen-bond donors (Lipinski definition) is 2. The topological polar surface area (TPSA) is 105 Å². The van der Waals surface area contributed by atoms with E-state index in [9.17, 15) is 9.59 Å². The van der Waals surface area contributed by atoms with Crippen LogP contribution in [0.5, 0.6) is 0 Å². The molecule has 0 aliphatic carbocycles. The summed E-state index contributed by atoms with van der Waals surface area (Å²) in [5.41, 5.74) is 6.20. The van der Waals surface area contributed by atoms with Gasteiger partial charge in [0.1, 0.15) is 12.6 Å². The third-order valence-corrected chi connectivity index (χ3v) is 2.05. The summed E-state index contributed by atoms with van der Waals surface area (Å²) in [6, 6.07) is 8.08. The van der Waals surface area contributed by atoms with Crippen LogP contribution in [0.25, 0.3) is 0 Å². The van der Waals surface area contributed by atoms with Crippen LogP contribution in [0.15, 0.2) is 30.3 Å². The van der Waals surface area contributed by atoms with E-state index in [2.05, 4.69) is 10.7 Å². The van der Waals surface area contributed by atoms with E-state index in [0.717, 1.165) is 5.56 Å². The quantitative estimate of drug-likeness (QED) is 0.546. The molecule has 0 aliphatic heterocycles. The van der Waals surface area contributed by atoms with Gasteiger partial charge in [0, 0.05) is 0 Å². The van der Waals surface area contributed by atoms with Gasteiger partial charge in [0.05, 0.1) is 6.42 Å². The first kappa shape index (κ1) is 13.1. The Bertz CT molecular complexity index is 380. The molecule has 0 bridgehead atoms. The second-order valence-electron chi connectivity index (χ2n) is 3.39. The average Bonchev–Trinajstić information content (AvgIpc) is 2.36. The second-order valence-corrected chi connectivity index (χ2v) is 3.39. The van der Waals surface area contributed by atoms with E-state index >= 15 is 0 Å². The van der Waals surface area contributed by atoms with Gasteiger partial charge in [-0.25, -0.2) is 4.79 Å². The van der Waals surface area contributed by atoms with Crippen molar-refractivity contribution in [1.82, 2.24) is 0 Å². The molecule has 1 aromatic carbocycles. The van der Waals surface area contributed by atoms with Gasteiger partial charge in [-0.2, -0.15) is 5.90 Å². The molecule has 4 N–H and O–H groups in total. The van der Waals surface area contributed by atoms with Crippen molar-refractivity contribution in [2.24, 2.45) is 11.6 Å². The third kappa shape index (κ3) is 4.62. The maximum atomic E-state index is 11.3. The molecule has 0 heterocycles. The lowest BCUT2D eigenvalue weighted by Gasteiger charge is -2.08. The molecule has 0 saturated heterocycles. The van der Waals surface area contributed by atoms with Crippen LogP contribution in [-0.4, -0.2) is 18.0 Å². The van der Waals surface area contributed by atoms with Crippen molar-refractivity contribution in [3.63, 3.8) is 0 Å². The second kappa shape index (κ2) is 6.62. The summed E-state index contributed by atoms with van der Waals surface area (Å²) in [5.74, 6) is 3.21. The van der Waals surface area contributed by atoms with Crippen LogP contribution in [0, 0.1) is 0 Å². The molecule has 92 valence electrons. The Hall–Kier alpha value is -1.92. The van der Waals surface area contributed by atoms with Gasteiger partial charge in [0.2, 0.25) is 0 Å². The van der Waals surface area contributed by atoms with Crippen molar-refractivity contribution in [1.29, 1.82) is 0 Å². The van der Waals surface area contributed by atoms with Crippen molar-refractivity contribution in [3.05, 3.63) is 35.9 Å². The smallest absolute Gasteiger partial charge is 0.341 e. The van der Waals surface area contributed by atoms with Crippen LogP contribution in [-0.2, 0) is 25.8 Å². The van der Waals surface area contributed by atoms with Gasteiger partial charge in [-0.05, 0) is 5.56 Å². The fraction of sp³-hybridized carbons (Fsp3) is 0.273. The molecule has 0 spiro atoms. The first-order valence-corrected chi connectivity index (χ1v) is 4.99. The Kier molecular flexibility index (Phi) is 5.12. The Morgan fingerprint density at radius 1 is 1.24 bits per heavy atom. The summed E-state index contributed by atoms with van der Waals surface area (Å²) >= 11 is 0. The summed E-state index contributed by atoms with van der Waals surface area (Å²) in [6.45, 7) is 0.143. The van der Waals surface area contributed by atoms with Crippen LogP contribution in [0.3, 0.4) is 0 Å². The molecule has 6 heteroatoms. The van der Waals surface area contributed by atoms with Crippen LogP contribution in [0.2, 0.25) is 0 Å². The van der Waals surface area contributed by atoms with Gasteiger partial charge in [0.25, 0.3) is 0 Å². The molecule has 0 fully saturated rings. The highest BCUT2D eigenvalue weighted by atomic mass is 16.7. The molecule has 0 unspecified atom stereocenters. The van der Waals surface area contributed by atoms with Crippen LogP contribution in [0.4, 0.5) is 0 Å². The summed E-state index contributed by atoms with van der Waals surface area (Å²) in [4.78, 5) is 26.0. The predicted molar refractivity (Wildman–Crippen MR) is 59.1 cm³/mol. The molecule has 0 amide bonds. The van der Waals surface area contributed by atoms with Gasteiger partial charge in [-0.3, -0.25) is 4.79 Å². The molecular weight excluding hydrogens is 224 g/mol. The minimum atomic E-state index is -1.09. The van der Waals surface area contributed by atoms with Crippen LogP contribution in [0.1, 0.15) is 12.0 Å². The molecule has 1 aromatic rings. The predicted octanol–water partition coefficient (Wildman–Crippen LogP) is -0.136. The van der Waals surface area contributed by atoms with E-state index in [1.54, 1.807) is 0 Å². The summed E-state index contributed by atoms with van der Waals surface area (Å²) in [6.07, 6.45) is -0.261. The van der Waals surface area contributed by atoms with Crippen LogP contribution < -0.4 is 11.6 Å². The van der Waals surface area contributed by atoms with Crippen molar-refractivity contribution < 1.29 is 19.2 Å². The minimum absolute atomic E-state index is 0.143. The maximum absolute atomic E-state index is 11.3. The highest BCUT2D eigenvalue weighted by Crippen LogP contribution is 2.02. The van der Waals surface area contributed by atoms with Crippen molar-refractivity contribution in [2.45, 2.75) is 19.1 Å². The number of ether oxygens (including phenoxy) is 1. The van der Waals surface area contributed by atoms with Gasteiger partial charge in [-0.1, -0.05) is 30.3 Å². The fourth-order valence-electron chi connectivity index (χ4n) is 1.15. The van der Waals surface area contributed by atoms with Gasteiger partial charge in [0.15, 0.2) is 0 Å². The summed E-state index contributed by atoms with van der Waals surface area (Å²) < 4.78 is 4.93. The first-order chi connectivity index (χ1) is 8.13. The van der Waals surface area contributed by atoms with Gasteiger partial charge < -0.3 is 15.3 Å². The number of carbonyl (C=O) groups excluding carboxylic acids is 2. The molecule has 17 heavy (non-hydrogen) atoms. The van der Waals surface area contributed by atoms with Gasteiger partial charge in [-0.15, -0.1) is 0 Å². The van der Waals surface area contributed by atoms with Crippen molar-refractivity contribution >= 4 is 11.9 Å². The zero-order chi connectivity index (χ0) is 12.7. The zero-order valence-corrected chi connectivity index (χ0v) is 9.17. The highest BCUT2D eigenvalue weighted by molar-refractivity contribution is 5.82. The maximum Gasteiger partial charge on any atom is 0.341 e. The molecule has 0 saturated carbocycles. The molecule has 1 rings (SSSR count). The van der Waals surface area contributed by atoms with Gasteiger partial charge >= 0.3 is 11.9 Å². The Balaban J connectivity index is 2.33. The molecule has 1 atom stereocenters. The average molecular weight is 238 g/mol. The lowest BCUT2D eigenvalue weighted by molar-refractivity contribution is -0.152. The van der Waals surface area contributed by atoms with E-state index in [1.165, 1.54) is 0 Å². The lowest BCUT2D eigenvalue weighted by atomic mass is 10.2. The van der Waals surface area contributed by atoms with E-state index < -0.39 is 18.0 Å². The third-order valence-electron chi connectivity index (χ3n) is 2.05. The van der Waals surface area contributed by atoms with Crippen molar-refractivity contribution in [3.8, 4) is 0 Å². The number of carbonyl (C=O) groups is 2. The molecule has 0 aromatic heterocycles. The summed E-state index contributed by atoms with van der Waals surface area (Å²) in [7, 11) is 0. The van der Waals surface area contributed by atoms with Crippen LogP contribution >= 0.6 is 0 Å². The molecule has 0 aliphatic rings. The number of rotatable bonds is 5. The largest absolute Gasteiger partial charge is 0.461 e. The minimum Gasteiger partial charge on any atom is -0.461 e. The standard InChI is InChI=1S/C11H14N2O4/c12-9(11(15)17-13)6-10(14)16-7-8-4-2-1-3-5-8/h1-5,9H,6-7,12-13H2/t9-/m0/s1. The lowest BCUT2D eigenvalue weighted by Crippen LogP contribution is -2.36. The van der Waals surface area contributed by atoms with E-state index in [-0.39, 0.29) is 13.0 Å². The number of hydrogen-bond acceptors (Lipinski definition) is 6.